The summed E-state index contributed by atoms with van der Waals surface area (Å²) in [6.45, 7) is 2.82. The number of nitrogens with two attached hydrogens (primary N) is 1. The van der Waals surface area contributed by atoms with Crippen molar-refractivity contribution in [3.05, 3.63) is 11.8 Å². The highest BCUT2D eigenvalue weighted by atomic mass is 32.2. The van der Waals surface area contributed by atoms with E-state index in [4.69, 9.17) is 10.5 Å². The molecule has 2 N–H and O–H groups in total. The van der Waals surface area contributed by atoms with Crippen molar-refractivity contribution in [1.82, 2.24) is 9.97 Å². The van der Waals surface area contributed by atoms with Gasteiger partial charge in [-0.15, -0.1) is 11.8 Å². The summed E-state index contributed by atoms with van der Waals surface area (Å²) in [5.74, 6) is 1.31. The smallest absolute Gasteiger partial charge is 0.221 e. The van der Waals surface area contributed by atoms with Crippen molar-refractivity contribution in [3.63, 3.8) is 0 Å². The van der Waals surface area contributed by atoms with Gasteiger partial charge in [-0.1, -0.05) is 0 Å². The van der Waals surface area contributed by atoms with E-state index in [-0.39, 0.29) is 0 Å². The molecule has 0 amide bonds. The number of anilines is 1. The topological polar surface area (TPSA) is 61.0 Å². The van der Waals surface area contributed by atoms with Crippen LogP contribution in [-0.2, 0) is 4.74 Å². The molecule has 4 nitrogen and oxygen atoms in total. The zero-order chi connectivity index (χ0) is 10.7. The molecule has 2 rings (SSSR count). The third-order valence-corrected chi connectivity index (χ3v) is 3.33. The molecule has 0 aromatic carbocycles. The van der Waals surface area contributed by atoms with Gasteiger partial charge in [-0.3, -0.25) is 0 Å². The van der Waals surface area contributed by atoms with Crippen molar-refractivity contribution in [1.29, 1.82) is 0 Å². The molecule has 0 bridgehead atoms. The lowest BCUT2D eigenvalue weighted by atomic mass is 10.3. The molecule has 1 unspecified atom stereocenters. The van der Waals surface area contributed by atoms with Crippen LogP contribution in [0, 0.1) is 6.92 Å². The predicted molar refractivity (Wildman–Crippen MR) is 60.9 cm³/mol. The lowest BCUT2D eigenvalue weighted by molar-refractivity contribution is 0.129. The quantitative estimate of drug-likeness (QED) is 0.626. The number of ether oxygens (including phenoxy) is 1. The summed E-state index contributed by atoms with van der Waals surface area (Å²) in [7, 11) is 0. The zero-order valence-corrected chi connectivity index (χ0v) is 9.59. The third kappa shape index (κ3) is 3.07. The SMILES string of the molecule is Cc1cc(SCC2CCCO2)nc(N)n1. The van der Waals surface area contributed by atoms with Gasteiger partial charge in [0.25, 0.3) is 0 Å². The van der Waals surface area contributed by atoms with Crippen LogP contribution >= 0.6 is 11.8 Å². The second-order valence-corrected chi connectivity index (χ2v) is 4.69. The van der Waals surface area contributed by atoms with Crippen LogP contribution in [0.25, 0.3) is 0 Å². The summed E-state index contributed by atoms with van der Waals surface area (Å²) >= 11 is 1.69. The summed E-state index contributed by atoms with van der Waals surface area (Å²) in [6.07, 6.45) is 2.72. The van der Waals surface area contributed by atoms with Gasteiger partial charge in [0.15, 0.2) is 0 Å². The highest BCUT2D eigenvalue weighted by molar-refractivity contribution is 7.99. The van der Waals surface area contributed by atoms with Crippen molar-refractivity contribution in [2.45, 2.75) is 30.9 Å². The standard InChI is InChI=1S/C10H15N3OS/c1-7-5-9(13-10(11)12-7)15-6-8-3-2-4-14-8/h5,8H,2-4,6H2,1H3,(H2,11,12,13). The van der Waals surface area contributed by atoms with Gasteiger partial charge in [-0.05, 0) is 25.8 Å². The molecular weight excluding hydrogens is 210 g/mol. The van der Waals surface area contributed by atoms with Gasteiger partial charge in [-0.2, -0.15) is 0 Å². The van der Waals surface area contributed by atoms with E-state index in [1.807, 2.05) is 13.0 Å². The Morgan fingerprint density at radius 2 is 2.47 bits per heavy atom. The fourth-order valence-electron chi connectivity index (χ4n) is 1.59. The molecule has 0 aliphatic carbocycles. The van der Waals surface area contributed by atoms with Gasteiger partial charge in [0.1, 0.15) is 5.03 Å². The molecule has 1 fully saturated rings. The second kappa shape index (κ2) is 4.81. The Labute approximate surface area is 93.6 Å². The van der Waals surface area contributed by atoms with Crippen LogP contribution in [0.15, 0.2) is 11.1 Å². The predicted octanol–water partition coefficient (Wildman–Crippen LogP) is 1.64. The maximum Gasteiger partial charge on any atom is 0.221 e. The van der Waals surface area contributed by atoms with Crippen LogP contribution in [0.1, 0.15) is 18.5 Å². The maximum atomic E-state index is 5.58. The largest absolute Gasteiger partial charge is 0.377 e. The fourth-order valence-corrected chi connectivity index (χ4v) is 2.62. The molecular formula is C10H15N3OS. The number of hydrogen-bond donors (Lipinski definition) is 1. The first-order valence-corrected chi connectivity index (χ1v) is 6.08. The van der Waals surface area contributed by atoms with E-state index in [1.54, 1.807) is 11.8 Å². The summed E-state index contributed by atoms with van der Waals surface area (Å²) in [6, 6.07) is 1.95. The Bertz CT molecular complexity index is 319. The van der Waals surface area contributed by atoms with E-state index in [1.165, 1.54) is 6.42 Å². The van der Waals surface area contributed by atoms with Crippen LogP contribution in [-0.4, -0.2) is 28.4 Å². The third-order valence-electron chi connectivity index (χ3n) is 2.29. The Hall–Kier alpha value is -0.810. The molecule has 82 valence electrons. The first kappa shape index (κ1) is 10.7. The summed E-state index contributed by atoms with van der Waals surface area (Å²) < 4.78 is 5.54. The summed E-state index contributed by atoms with van der Waals surface area (Å²) in [4.78, 5) is 8.21. The lowest BCUT2D eigenvalue weighted by Gasteiger charge is -2.08. The van der Waals surface area contributed by atoms with Gasteiger partial charge in [-0.25, -0.2) is 9.97 Å². The molecule has 1 aliphatic heterocycles. The van der Waals surface area contributed by atoms with Gasteiger partial charge >= 0.3 is 0 Å². The Kier molecular flexibility index (Phi) is 3.43. The van der Waals surface area contributed by atoms with Crippen LogP contribution in [0.5, 0.6) is 0 Å². The minimum atomic E-state index is 0.352. The van der Waals surface area contributed by atoms with Crippen molar-refractivity contribution >= 4 is 17.7 Å². The average Bonchev–Trinajstić information content (AvgIpc) is 2.65. The molecule has 1 aliphatic rings. The molecule has 1 saturated heterocycles. The van der Waals surface area contributed by atoms with Crippen molar-refractivity contribution in [2.24, 2.45) is 0 Å². The van der Waals surface area contributed by atoms with Crippen LogP contribution in [0.3, 0.4) is 0 Å². The van der Waals surface area contributed by atoms with Gasteiger partial charge in [0.05, 0.1) is 6.10 Å². The summed E-state index contributed by atoms with van der Waals surface area (Å²) in [5.41, 5.74) is 6.49. The minimum Gasteiger partial charge on any atom is -0.377 e. The monoisotopic (exact) mass is 225 g/mol. The number of rotatable bonds is 3. The average molecular weight is 225 g/mol. The van der Waals surface area contributed by atoms with Crippen LogP contribution < -0.4 is 5.73 Å². The Morgan fingerprint density at radius 1 is 1.60 bits per heavy atom. The normalized spacial score (nSPS) is 20.7. The molecule has 1 aromatic rings. The molecule has 5 heteroatoms. The zero-order valence-electron chi connectivity index (χ0n) is 8.77. The number of aromatic nitrogens is 2. The van der Waals surface area contributed by atoms with Crippen molar-refractivity contribution in [3.8, 4) is 0 Å². The van der Waals surface area contributed by atoms with Crippen LogP contribution in [0.2, 0.25) is 0 Å². The Morgan fingerprint density at radius 3 is 3.13 bits per heavy atom. The molecule has 0 saturated carbocycles. The van der Waals surface area contributed by atoms with E-state index in [9.17, 15) is 0 Å². The molecule has 15 heavy (non-hydrogen) atoms. The fraction of sp³-hybridized carbons (Fsp3) is 0.600. The van der Waals surface area contributed by atoms with Gasteiger partial charge < -0.3 is 10.5 Å². The van der Waals surface area contributed by atoms with Gasteiger partial charge in [0.2, 0.25) is 5.95 Å². The molecule has 0 radical (unpaired) electrons. The molecule has 0 spiro atoms. The number of aryl methyl sites for hydroxylation is 1. The van der Waals surface area contributed by atoms with E-state index in [2.05, 4.69) is 9.97 Å². The van der Waals surface area contributed by atoms with E-state index >= 15 is 0 Å². The van der Waals surface area contributed by atoms with Crippen LogP contribution in [0.4, 0.5) is 5.95 Å². The Balaban J connectivity index is 1.92. The number of hydrogen-bond acceptors (Lipinski definition) is 5. The molecule has 1 atom stereocenters. The second-order valence-electron chi connectivity index (χ2n) is 3.65. The maximum absolute atomic E-state index is 5.58. The van der Waals surface area contributed by atoms with Crippen molar-refractivity contribution < 1.29 is 4.74 Å². The first-order chi connectivity index (χ1) is 7.24. The molecule has 1 aromatic heterocycles. The van der Waals surface area contributed by atoms with Crippen molar-refractivity contribution in [2.75, 3.05) is 18.1 Å². The number of nitrogen functional groups attached to an aromatic ring is 1. The summed E-state index contributed by atoms with van der Waals surface area (Å²) in [5, 5.41) is 0.940. The highest BCUT2D eigenvalue weighted by Crippen LogP contribution is 2.22. The number of nitrogens with zero attached hydrogens (tertiary/aromatic N) is 2. The first-order valence-electron chi connectivity index (χ1n) is 5.09. The minimum absolute atomic E-state index is 0.352. The molecule has 2 heterocycles. The highest BCUT2D eigenvalue weighted by Gasteiger charge is 2.15. The lowest BCUT2D eigenvalue weighted by Crippen LogP contribution is -2.08. The van der Waals surface area contributed by atoms with E-state index in [0.29, 0.717) is 12.1 Å². The number of thioether (sulfide) groups is 1. The van der Waals surface area contributed by atoms with E-state index < -0.39 is 0 Å². The van der Waals surface area contributed by atoms with E-state index in [0.717, 1.165) is 29.5 Å². The van der Waals surface area contributed by atoms with Gasteiger partial charge in [0, 0.05) is 18.1 Å².